The van der Waals surface area contributed by atoms with E-state index in [1.807, 2.05) is 18.3 Å². The molecule has 0 fully saturated rings. The Morgan fingerprint density at radius 1 is 1.11 bits per heavy atom. The van der Waals surface area contributed by atoms with E-state index in [1.54, 1.807) is 10.7 Å². The van der Waals surface area contributed by atoms with E-state index in [9.17, 15) is 0 Å². The minimum absolute atomic E-state index is 0.609. The predicted octanol–water partition coefficient (Wildman–Crippen LogP) is 3.91. The maximum absolute atomic E-state index is 4.55. The first-order valence-electron chi connectivity index (χ1n) is 6.68. The third-order valence-electron chi connectivity index (χ3n) is 3.64. The number of nitrogens with zero attached hydrogens (tertiary/aromatic N) is 3. The van der Waals surface area contributed by atoms with Crippen LogP contribution in [0.15, 0.2) is 48.8 Å². The molecule has 2 heterocycles. The highest BCUT2D eigenvalue weighted by atomic mass is 15.2. The van der Waals surface area contributed by atoms with Crippen LogP contribution in [-0.4, -0.2) is 14.6 Å². The lowest BCUT2D eigenvalue weighted by Crippen LogP contribution is -1.94. The van der Waals surface area contributed by atoms with Gasteiger partial charge in [-0.1, -0.05) is 38.1 Å². The molecule has 3 aromatic rings. The van der Waals surface area contributed by atoms with Gasteiger partial charge in [0, 0.05) is 18.0 Å². The number of fused-ring (bicyclic) bond motifs is 1. The summed E-state index contributed by atoms with van der Waals surface area (Å²) in [7, 11) is 0. The van der Waals surface area contributed by atoms with Crippen LogP contribution in [0.3, 0.4) is 0 Å². The largest absolute Gasteiger partial charge is 0.236 e. The Balaban J connectivity index is 1.96. The highest BCUT2D eigenvalue weighted by Gasteiger charge is 2.05. The fourth-order valence-corrected chi connectivity index (χ4v) is 2.19. The van der Waals surface area contributed by atoms with Gasteiger partial charge in [0.05, 0.1) is 5.69 Å². The van der Waals surface area contributed by atoms with E-state index in [1.165, 1.54) is 12.0 Å². The van der Waals surface area contributed by atoms with Crippen molar-refractivity contribution < 1.29 is 0 Å². The van der Waals surface area contributed by atoms with Crippen LogP contribution in [0.25, 0.3) is 16.9 Å². The first-order valence-corrected chi connectivity index (χ1v) is 6.68. The van der Waals surface area contributed by atoms with Crippen LogP contribution in [0.4, 0.5) is 0 Å². The van der Waals surface area contributed by atoms with Crippen molar-refractivity contribution in [1.82, 2.24) is 14.6 Å². The molecule has 0 amide bonds. The van der Waals surface area contributed by atoms with Gasteiger partial charge in [0.1, 0.15) is 0 Å². The Hall–Kier alpha value is -2.16. The van der Waals surface area contributed by atoms with Crippen LogP contribution in [0.2, 0.25) is 0 Å². The van der Waals surface area contributed by atoms with Crippen LogP contribution in [0.5, 0.6) is 0 Å². The van der Waals surface area contributed by atoms with E-state index in [0.717, 1.165) is 16.9 Å². The first kappa shape index (κ1) is 11.9. The molecule has 0 aliphatic heterocycles. The van der Waals surface area contributed by atoms with E-state index in [2.05, 4.69) is 48.2 Å². The molecule has 0 saturated carbocycles. The van der Waals surface area contributed by atoms with Crippen LogP contribution in [0, 0.1) is 0 Å². The van der Waals surface area contributed by atoms with Gasteiger partial charge in [0.25, 0.3) is 0 Å². The van der Waals surface area contributed by atoms with Gasteiger partial charge < -0.3 is 0 Å². The third-order valence-corrected chi connectivity index (χ3v) is 3.64. The second-order valence-corrected chi connectivity index (χ2v) is 4.88. The quantitative estimate of drug-likeness (QED) is 0.706. The van der Waals surface area contributed by atoms with Gasteiger partial charge in [-0.3, -0.25) is 0 Å². The maximum atomic E-state index is 4.55. The number of hydrogen-bond donors (Lipinski definition) is 0. The summed E-state index contributed by atoms with van der Waals surface area (Å²) < 4.78 is 1.80. The molecule has 96 valence electrons. The van der Waals surface area contributed by atoms with E-state index in [4.69, 9.17) is 0 Å². The average molecular weight is 251 g/mol. The third kappa shape index (κ3) is 2.24. The average Bonchev–Trinajstić information content (AvgIpc) is 2.94. The molecule has 0 bridgehead atoms. The van der Waals surface area contributed by atoms with E-state index in [0.29, 0.717) is 5.92 Å². The molecule has 0 aliphatic rings. The van der Waals surface area contributed by atoms with Crippen molar-refractivity contribution in [1.29, 1.82) is 0 Å². The van der Waals surface area contributed by atoms with Crippen molar-refractivity contribution in [2.45, 2.75) is 26.2 Å². The standard InChI is InChI=1S/C16H17N3/c1-3-12(2)13-4-6-14(7-5-13)15-8-9-16-17-10-11-19(16)18-15/h4-12H,3H2,1-2H3. The lowest BCUT2D eigenvalue weighted by molar-refractivity contribution is 0.734. The van der Waals surface area contributed by atoms with Crippen molar-refractivity contribution in [3.8, 4) is 11.3 Å². The molecule has 3 rings (SSSR count). The monoisotopic (exact) mass is 251 g/mol. The normalized spacial score (nSPS) is 12.7. The Kier molecular flexibility index (Phi) is 3.03. The van der Waals surface area contributed by atoms with Gasteiger partial charge in [-0.25, -0.2) is 9.50 Å². The lowest BCUT2D eigenvalue weighted by Gasteiger charge is -2.09. The minimum Gasteiger partial charge on any atom is -0.236 e. The summed E-state index contributed by atoms with van der Waals surface area (Å²) in [5.74, 6) is 0.609. The number of benzene rings is 1. The van der Waals surface area contributed by atoms with Gasteiger partial charge >= 0.3 is 0 Å². The van der Waals surface area contributed by atoms with Crippen LogP contribution >= 0.6 is 0 Å². The lowest BCUT2D eigenvalue weighted by atomic mass is 9.97. The highest BCUT2D eigenvalue weighted by molar-refractivity contribution is 5.60. The summed E-state index contributed by atoms with van der Waals surface area (Å²) in [6.45, 7) is 4.47. The van der Waals surface area contributed by atoms with Crippen molar-refractivity contribution in [3.63, 3.8) is 0 Å². The molecule has 3 nitrogen and oxygen atoms in total. The molecule has 1 atom stereocenters. The molecule has 1 aromatic carbocycles. The SMILES string of the molecule is CCC(C)c1ccc(-c2ccc3nccn3n2)cc1. The molecule has 0 aliphatic carbocycles. The second kappa shape index (κ2) is 4.84. The molecule has 1 unspecified atom stereocenters. The van der Waals surface area contributed by atoms with Crippen molar-refractivity contribution >= 4 is 5.65 Å². The zero-order valence-electron chi connectivity index (χ0n) is 11.2. The molecule has 2 aromatic heterocycles. The molecule has 0 saturated heterocycles. The van der Waals surface area contributed by atoms with Gasteiger partial charge in [-0.2, -0.15) is 5.10 Å². The number of rotatable bonds is 3. The van der Waals surface area contributed by atoms with Gasteiger partial charge in [-0.15, -0.1) is 0 Å². The molecular formula is C16H17N3. The van der Waals surface area contributed by atoms with Crippen molar-refractivity contribution in [2.75, 3.05) is 0 Å². The molecule has 19 heavy (non-hydrogen) atoms. The van der Waals surface area contributed by atoms with Crippen LogP contribution in [-0.2, 0) is 0 Å². The number of hydrogen-bond acceptors (Lipinski definition) is 2. The summed E-state index contributed by atoms with van der Waals surface area (Å²) in [5.41, 5.74) is 4.37. The fourth-order valence-electron chi connectivity index (χ4n) is 2.19. The minimum atomic E-state index is 0.609. The van der Waals surface area contributed by atoms with Gasteiger partial charge in [0.15, 0.2) is 5.65 Å². The summed E-state index contributed by atoms with van der Waals surface area (Å²) in [5, 5.41) is 4.55. The molecule has 0 radical (unpaired) electrons. The summed E-state index contributed by atoms with van der Waals surface area (Å²) in [6.07, 6.45) is 4.79. The Bertz CT molecular complexity index is 683. The molecule has 0 N–H and O–H groups in total. The summed E-state index contributed by atoms with van der Waals surface area (Å²) in [4.78, 5) is 4.20. The smallest absolute Gasteiger partial charge is 0.153 e. The fraction of sp³-hybridized carbons (Fsp3) is 0.250. The summed E-state index contributed by atoms with van der Waals surface area (Å²) in [6, 6.07) is 12.7. The zero-order valence-corrected chi connectivity index (χ0v) is 11.2. The van der Waals surface area contributed by atoms with Crippen molar-refractivity contribution in [2.24, 2.45) is 0 Å². The predicted molar refractivity (Wildman–Crippen MR) is 77.1 cm³/mol. The first-order chi connectivity index (χ1) is 9.28. The Morgan fingerprint density at radius 2 is 1.89 bits per heavy atom. The highest BCUT2D eigenvalue weighted by Crippen LogP contribution is 2.23. The zero-order chi connectivity index (χ0) is 13.2. The Morgan fingerprint density at radius 3 is 2.63 bits per heavy atom. The van der Waals surface area contributed by atoms with Crippen LogP contribution < -0.4 is 0 Å². The van der Waals surface area contributed by atoms with Crippen LogP contribution in [0.1, 0.15) is 31.7 Å². The van der Waals surface area contributed by atoms with Gasteiger partial charge in [-0.05, 0) is 30.0 Å². The second-order valence-electron chi connectivity index (χ2n) is 4.88. The van der Waals surface area contributed by atoms with Gasteiger partial charge in [0.2, 0.25) is 0 Å². The van der Waals surface area contributed by atoms with E-state index < -0.39 is 0 Å². The van der Waals surface area contributed by atoms with Crippen molar-refractivity contribution in [3.05, 3.63) is 54.4 Å². The maximum Gasteiger partial charge on any atom is 0.153 e. The summed E-state index contributed by atoms with van der Waals surface area (Å²) >= 11 is 0. The molecular weight excluding hydrogens is 234 g/mol. The topological polar surface area (TPSA) is 30.2 Å². The van der Waals surface area contributed by atoms with E-state index >= 15 is 0 Å². The molecule has 3 heteroatoms. The van der Waals surface area contributed by atoms with E-state index in [-0.39, 0.29) is 0 Å². The number of imidazole rings is 1. The molecule has 0 spiro atoms. The number of aromatic nitrogens is 3. The Labute approximate surface area is 112 Å².